The minimum atomic E-state index is -0.666. The third-order valence-corrected chi connectivity index (χ3v) is 4.87. The Hall–Kier alpha value is -3.73. The van der Waals surface area contributed by atoms with E-state index in [2.05, 4.69) is 0 Å². The zero-order chi connectivity index (χ0) is 20.4. The minimum absolute atomic E-state index is 0.00748. The van der Waals surface area contributed by atoms with Crippen LogP contribution in [0.2, 0.25) is 0 Å². The maximum absolute atomic E-state index is 13.4. The summed E-state index contributed by atoms with van der Waals surface area (Å²) < 4.78 is 17.2. The van der Waals surface area contributed by atoms with Gasteiger partial charge in [-0.25, -0.2) is 0 Å². The van der Waals surface area contributed by atoms with Crippen molar-refractivity contribution in [1.82, 2.24) is 0 Å². The molecule has 0 saturated heterocycles. The van der Waals surface area contributed by atoms with E-state index in [0.29, 0.717) is 28.4 Å². The molecule has 1 unspecified atom stereocenters. The van der Waals surface area contributed by atoms with E-state index in [0.717, 1.165) is 11.1 Å². The molecule has 3 aromatic rings. The van der Waals surface area contributed by atoms with Crippen LogP contribution in [0, 0.1) is 0 Å². The van der Waals surface area contributed by atoms with Gasteiger partial charge in [-0.2, -0.15) is 0 Å². The Bertz CT molecular complexity index is 1100. The smallest absolute Gasteiger partial charge is 0.196 e. The highest BCUT2D eigenvalue weighted by Gasteiger charge is 2.35. The van der Waals surface area contributed by atoms with Gasteiger partial charge in [-0.05, 0) is 36.4 Å². The minimum Gasteiger partial charge on any atom is -0.508 e. The third-order valence-electron chi connectivity index (χ3n) is 4.87. The summed E-state index contributed by atoms with van der Waals surface area (Å²) in [5.74, 6) is 1.48. The summed E-state index contributed by atoms with van der Waals surface area (Å²) in [5, 5.41) is 9.86. The van der Waals surface area contributed by atoms with Crippen molar-refractivity contribution in [1.29, 1.82) is 0 Å². The van der Waals surface area contributed by atoms with Gasteiger partial charge in [0.25, 0.3) is 0 Å². The van der Waals surface area contributed by atoms with Gasteiger partial charge in [0.2, 0.25) is 0 Å². The molecular formula is C24H20O5. The first kappa shape index (κ1) is 18.6. The van der Waals surface area contributed by atoms with Crippen LogP contribution in [0.1, 0.15) is 27.6 Å². The van der Waals surface area contributed by atoms with Gasteiger partial charge in [-0.15, -0.1) is 0 Å². The molecule has 0 aromatic heterocycles. The van der Waals surface area contributed by atoms with E-state index in [4.69, 9.17) is 14.2 Å². The molecule has 0 spiro atoms. The molecule has 5 nitrogen and oxygen atoms in total. The SMILES string of the molecule is COc1ccccc1C=C1C(=O)c2cc(O)ccc2OC1c1ccccc1OC. The molecule has 1 aliphatic rings. The topological polar surface area (TPSA) is 65.0 Å². The maximum atomic E-state index is 13.4. The van der Waals surface area contributed by atoms with Crippen LogP contribution in [0.5, 0.6) is 23.0 Å². The highest BCUT2D eigenvalue weighted by Crippen LogP contribution is 2.43. The van der Waals surface area contributed by atoms with Gasteiger partial charge in [-0.3, -0.25) is 4.79 Å². The fourth-order valence-electron chi connectivity index (χ4n) is 3.47. The normalized spacial score (nSPS) is 16.8. The number of methoxy groups -OCH3 is 2. The summed E-state index contributed by atoms with van der Waals surface area (Å²) in [5.41, 5.74) is 2.24. The maximum Gasteiger partial charge on any atom is 0.196 e. The number of phenolic OH excluding ortho intramolecular Hbond substituents is 1. The van der Waals surface area contributed by atoms with Crippen LogP contribution in [0.25, 0.3) is 6.08 Å². The first-order chi connectivity index (χ1) is 14.1. The van der Waals surface area contributed by atoms with Crippen LogP contribution in [0.3, 0.4) is 0 Å². The predicted octanol–water partition coefficient (Wildman–Crippen LogP) is 4.81. The molecule has 0 saturated carbocycles. The summed E-state index contributed by atoms with van der Waals surface area (Å²) in [6, 6.07) is 19.4. The number of hydrogen-bond acceptors (Lipinski definition) is 5. The van der Waals surface area contributed by atoms with Crippen molar-refractivity contribution in [3.8, 4) is 23.0 Å². The molecule has 1 aliphatic heterocycles. The van der Waals surface area contributed by atoms with Crippen molar-refractivity contribution in [2.75, 3.05) is 14.2 Å². The zero-order valence-corrected chi connectivity index (χ0v) is 16.1. The molecule has 29 heavy (non-hydrogen) atoms. The average molecular weight is 388 g/mol. The Morgan fingerprint density at radius 3 is 2.38 bits per heavy atom. The van der Waals surface area contributed by atoms with Crippen LogP contribution in [0.4, 0.5) is 0 Å². The number of carbonyl (C=O) groups excluding carboxylic acids is 1. The lowest BCUT2D eigenvalue weighted by molar-refractivity contribution is 0.0961. The summed E-state index contributed by atoms with van der Waals surface area (Å²) >= 11 is 0. The monoisotopic (exact) mass is 388 g/mol. The molecule has 0 aliphatic carbocycles. The van der Waals surface area contributed by atoms with Crippen molar-refractivity contribution >= 4 is 11.9 Å². The van der Waals surface area contributed by atoms with Crippen LogP contribution in [-0.4, -0.2) is 25.1 Å². The molecule has 1 atom stereocenters. The Morgan fingerprint density at radius 2 is 1.62 bits per heavy atom. The average Bonchev–Trinajstić information content (AvgIpc) is 2.76. The van der Waals surface area contributed by atoms with Crippen LogP contribution in [0.15, 0.2) is 72.3 Å². The number of ether oxygens (including phenoxy) is 3. The van der Waals surface area contributed by atoms with Gasteiger partial charge < -0.3 is 19.3 Å². The quantitative estimate of drug-likeness (QED) is 0.650. The van der Waals surface area contributed by atoms with Gasteiger partial charge in [-0.1, -0.05) is 36.4 Å². The van der Waals surface area contributed by atoms with Crippen molar-refractivity contribution in [2.24, 2.45) is 0 Å². The molecule has 5 heteroatoms. The lowest BCUT2D eigenvalue weighted by Crippen LogP contribution is -2.24. The Kier molecular flexibility index (Phi) is 4.96. The number of phenols is 1. The van der Waals surface area contributed by atoms with Crippen molar-refractivity contribution in [3.05, 3.63) is 89.0 Å². The molecule has 3 aromatic carbocycles. The van der Waals surface area contributed by atoms with E-state index in [1.165, 1.54) is 12.1 Å². The lowest BCUT2D eigenvalue weighted by Gasteiger charge is -2.29. The second-order valence-electron chi connectivity index (χ2n) is 6.59. The predicted molar refractivity (Wildman–Crippen MR) is 110 cm³/mol. The molecule has 1 heterocycles. The van der Waals surface area contributed by atoms with E-state index < -0.39 is 6.10 Å². The van der Waals surface area contributed by atoms with Crippen molar-refractivity contribution in [2.45, 2.75) is 6.10 Å². The number of para-hydroxylation sites is 2. The Morgan fingerprint density at radius 1 is 0.931 bits per heavy atom. The van der Waals surface area contributed by atoms with Crippen LogP contribution < -0.4 is 14.2 Å². The Labute approximate surface area is 168 Å². The molecule has 0 bridgehead atoms. The van der Waals surface area contributed by atoms with E-state index in [1.54, 1.807) is 26.4 Å². The third kappa shape index (κ3) is 3.43. The van der Waals surface area contributed by atoms with Gasteiger partial charge in [0.05, 0.1) is 19.8 Å². The summed E-state index contributed by atoms with van der Waals surface area (Å²) in [6.45, 7) is 0. The lowest BCUT2D eigenvalue weighted by atomic mass is 9.89. The standard InChI is InChI=1S/C24H20O5/c1-27-20-9-5-3-7-15(20)13-19-23(26)18-14-16(25)11-12-22(18)29-24(19)17-8-4-6-10-21(17)28-2/h3-14,24-25H,1-2H3. The first-order valence-electron chi connectivity index (χ1n) is 9.14. The molecule has 1 N–H and O–H groups in total. The molecule has 0 radical (unpaired) electrons. The van der Waals surface area contributed by atoms with E-state index in [1.807, 2.05) is 48.5 Å². The van der Waals surface area contributed by atoms with Gasteiger partial charge in [0.15, 0.2) is 11.9 Å². The number of fused-ring (bicyclic) bond motifs is 1. The van der Waals surface area contributed by atoms with Gasteiger partial charge in [0, 0.05) is 16.7 Å². The second kappa shape index (κ2) is 7.72. The largest absolute Gasteiger partial charge is 0.508 e. The van der Waals surface area contributed by atoms with Crippen molar-refractivity contribution < 1.29 is 24.1 Å². The van der Waals surface area contributed by atoms with Gasteiger partial charge >= 0.3 is 0 Å². The van der Waals surface area contributed by atoms with Crippen molar-refractivity contribution in [3.63, 3.8) is 0 Å². The number of carbonyl (C=O) groups is 1. The summed E-state index contributed by atoms with van der Waals surface area (Å²) in [6.07, 6.45) is 1.10. The second-order valence-corrected chi connectivity index (χ2v) is 6.59. The number of rotatable bonds is 4. The number of ketones is 1. The highest BCUT2D eigenvalue weighted by atomic mass is 16.5. The number of aromatic hydroxyl groups is 1. The molecular weight excluding hydrogens is 368 g/mol. The molecule has 146 valence electrons. The Balaban J connectivity index is 1.92. The van der Waals surface area contributed by atoms with E-state index in [9.17, 15) is 9.90 Å². The molecule has 0 amide bonds. The summed E-state index contributed by atoms with van der Waals surface area (Å²) in [7, 11) is 3.17. The van der Waals surface area contributed by atoms with Crippen LogP contribution >= 0.6 is 0 Å². The molecule has 0 fully saturated rings. The fourth-order valence-corrected chi connectivity index (χ4v) is 3.47. The van der Waals surface area contributed by atoms with Gasteiger partial charge in [0.1, 0.15) is 23.0 Å². The highest BCUT2D eigenvalue weighted by molar-refractivity contribution is 6.15. The molecule has 4 rings (SSSR count). The van der Waals surface area contributed by atoms with E-state index >= 15 is 0 Å². The van der Waals surface area contributed by atoms with E-state index in [-0.39, 0.29) is 11.5 Å². The fraction of sp³-hybridized carbons (Fsp3) is 0.125. The first-order valence-corrected chi connectivity index (χ1v) is 9.14. The summed E-state index contributed by atoms with van der Waals surface area (Å²) in [4.78, 5) is 13.4. The van der Waals surface area contributed by atoms with Crippen LogP contribution in [-0.2, 0) is 0 Å². The number of benzene rings is 3. The zero-order valence-electron chi connectivity index (χ0n) is 16.1. The number of hydrogen-bond donors (Lipinski definition) is 1. The number of Topliss-reactive ketones (excluding diaryl/α,β-unsaturated/α-hetero) is 1.